The first-order valence-corrected chi connectivity index (χ1v) is 5.21. The summed E-state index contributed by atoms with van der Waals surface area (Å²) < 4.78 is 0. The molecule has 0 radical (unpaired) electrons. The minimum atomic E-state index is 0.275. The van der Waals surface area contributed by atoms with E-state index < -0.39 is 0 Å². The van der Waals surface area contributed by atoms with E-state index in [4.69, 9.17) is 0 Å². The molecule has 0 aromatic carbocycles. The highest BCUT2D eigenvalue weighted by molar-refractivity contribution is 5.97. The normalized spacial score (nSPS) is 15.5. The number of ketones is 1. The number of pyridine rings is 1. The van der Waals surface area contributed by atoms with Crippen LogP contribution in [0.15, 0.2) is 18.5 Å². The number of carbonyl (C=O) groups excluding carboxylic acids is 1. The summed E-state index contributed by atoms with van der Waals surface area (Å²) in [7, 11) is 0. The van der Waals surface area contributed by atoms with Crippen molar-refractivity contribution in [3.63, 3.8) is 0 Å². The van der Waals surface area contributed by atoms with Crippen LogP contribution in [-0.2, 0) is 0 Å². The Bertz CT molecular complexity index is 342. The van der Waals surface area contributed by atoms with Crippen LogP contribution in [0, 0.1) is 12.8 Å². The van der Waals surface area contributed by atoms with Crippen LogP contribution in [0.2, 0.25) is 0 Å². The molecule has 1 saturated carbocycles. The van der Waals surface area contributed by atoms with Gasteiger partial charge in [0.2, 0.25) is 0 Å². The average molecular weight is 189 g/mol. The Morgan fingerprint density at radius 1 is 1.57 bits per heavy atom. The van der Waals surface area contributed by atoms with E-state index in [1.165, 1.54) is 12.8 Å². The average Bonchev–Trinajstić information content (AvgIpc) is 2.98. The second-order valence-electron chi connectivity index (χ2n) is 4.10. The first-order chi connectivity index (χ1) is 6.77. The molecule has 1 heterocycles. The molecule has 1 aliphatic carbocycles. The van der Waals surface area contributed by atoms with Gasteiger partial charge in [0.05, 0.1) is 0 Å². The number of carbonyl (C=O) groups is 1. The predicted molar refractivity (Wildman–Crippen MR) is 55.3 cm³/mol. The first kappa shape index (κ1) is 9.38. The minimum absolute atomic E-state index is 0.275. The van der Waals surface area contributed by atoms with Crippen molar-refractivity contribution in [3.8, 4) is 0 Å². The van der Waals surface area contributed by atoms with Gasteiger partial charge in [-0.05, 0) is 30.9 Å². The van der Waals surface area contributed by atoms with Crippen molar-refractivity contribution < 1.29 is 4.79 Å². The smallest absolute Gasteiger partial charge is 0.163 e. The van der Waals surface area contributed by atoms with E-state index in [1.807, 2.05) is 13.0 Å². The van der Waals surface area contributed by atoms with Crippen LogP contribution in [-0.4, -0.2) is 10.8 Å². The van der Waals surface area contributed by atoms with Crippen LogP contribution in [0.1, 0.15) is 41.6 Å². The fourth-order valence-corrected chi connectivity index (χ4v) is 1.66. The van der Waals surface area contributed by atoms with Crippen LogP contribution in [0.5, 0.6) is 0 Å². The maximum Gasteiger partial charge on any atom is 0.163 e. The van der Waals surface area contributed by atoms with E-state index in [-0.39, 0.29) is 5.78 Å². The van der Waals surface area contributed by atoms with Crippen molar-refractivity contribution >= 4 is 5.78 Å². The van der Waals surface area contributed by atoms with E-state index in [1.54, 1.807) is 12.4 Å². The van der Waals surface area contributed by atoms with Gasteiger partial charge in [-0.25, -0.2) is 0 Å². The topological polar surface area (TPSA) is 30.0 Å². The quantitative estimate of drug-likeness (QED) is 0.682. The molecule has 0 amide bonds. The molecule has 0 atom stereocenters. The third-order valence-corrected chi connectivity index (χ3v) is 2.80. The lowest BCUT2D eigenvalue weighted by Crippen LogP contribution is -2.02. The monoisotopic (exact) mass is 189 g/mol. The number of aryl methyl sites for hydroxylation is 1. The summed E-state index contributed by atoms with van der Waals surface area (Å²) in [6.07, 6.45) is 7.86. The van der Waals surface area contributed by atoms with Crippen LogP contribution in [0.3, 0.4) is 0 Å². The van der Waals surface area contributed by atoms with Gasteiger partial charge in [-0.3, -0.25) is 9.78 Å². The van der Waals surface area contributed by atoms with Gasteiger partial charge in [0, 0.05) is 24.4 Å². The maximum atomic E-state index is 11.8. The highest BCUT2D eigenvalue weighted by Crippen LogP contribution is 2.33. The molecular weight excluding hydrogens is 174 g/mol. The Morgan fingerprint density at radius 3 is 3.00 bits per heavy atom. The van der Waals surface area contributed by atoms with Gasteiger partial charge >= 0.3 is 0 Å². The Labute approximate surface area is 84.4 Å². The Morgan fingerprint density at radius 2 is 2.36 bits per heavy atom. The number of Topliss-reactive ketones (excluding diaryl/α,β-unsaturated/α-hetero) is 1. The fraction of sp³-hybridized carbons (Fsp3) is 0.500. The molecule has 0 spiro atoms. The summed E-state index contributed by atoms with van der Waals surface area (Å²) in [5, 5.41) is 0. The second kappa shape index (κ2) is 3.91. The zero-order valence-corrected chi connectivity index (χ0v) is 8.49. The molecule has 74 valence electrons. The van der Waals surface area contributed by atoms with Crippen LogP contribution >= 0.6 is 0 Å². The van der Waals surface area contributed by atoms with Gasteiger partial charge < -0.3 is 0 Å². The first-order valence-electron chi connectivity index (χ1n) is 5.21. The molecule has 1 fully saturated rings. The van der Waals surface area contributed by atoms with Gasteiger partial charge in [-0.1, -0.05) is 12.8 Å². The highest BCUT2D eigenvalue weighted by Gasteiger charge is 2.22. The Balaban J connectivity index is 1.98. The van der Waals surface area contributed by atoms with Gasteiger partial charge in [-0.15, -0.1) is 0 Å². The number of hydrogen-bond acceptors (Lipinski definition) is 2. The van der Waals surface area contributed by atoms with E-state index in [2.05, 4.69) is 4.98 Å². The summed E-state index contributed by atoms with van der Waals surface area (Å²) in [6.45, 7) is 1.94. The zero-order valence-electron chi connectivity index (χ0n) is 8.49. The summed E-state index contributed by atoms with van der Waals surface area (Å²) in [4.78, 5) is 15.8. The zero-order chi connectivity index (χ0) is 9.97. The van der Waals surface area contributed by atoms with Gasteiger partial charge in [0.25, 0.3) is 0 Å². The van der Waals surface area contributed by atoms with Crippen LogP contribution in [0.4, 0.5) is 0 Å². The molecular formula is C12H15NO. The second-order valence-corrected chi connectivity index (χ2v) is 4.10. The molecule has 1 aromatic heterocycles. The van der Waals surface area contributed by atoms with Crippen molar-refractivity contribution in [2.45, 2.75) is 32.6 Å². The number of rotatable bonds is 4. The van der Waals surface area contributed by atoms with Crippen molar-refractivity contribution in [3.05, 3.63) is 29.6 Å². The molecule has 2 heteroatoms. The third kappa shape index (κ3) is 2.19. The standard InChI is InChI=1S/C12H15NO/c1-9-8-13-7-6-11(9)12(14)5-4-10-2-3-10/h6-8,10H,2-5H2,1H3. The van der Waals surface area contributed by atoms with Crippen molar-refractivity contribution in [1.82, 2.24) is 4.98 Å². The minimum Gasteiger partial charge on any atom is -0.294 e. The van der Waals surface area contributed by atoms with Gasteiger partial charge in [0.1, 0.15) is 0 Å². The van der Waals surface area contributed by atoms with Crippen molar-refractivity contribution in [2.24, 2.45) is 5.92 Å². The highest BCUT2D eigenvalue weighted by atomic mass is 16.1. The Hall–Kier alpha value is -1.18. The summed E-state index contributed by atoms with van der Waals surface area (Å²) in [5.41, 5.74) is 1.84. The third-order valence-electron chi connectivity index (χ3n) is 2.80. The van der Waals surface area contributed by atoms with Gasteiger partial charge in [0.15, 0.2) is 5.78 Å². The fourth-order valence-electron chi connectivity index (χ4n) is 1.66. The summed E-state index contributed by atoms with van der Waals surface area (Å²) in [6, 6.07) is 1.82. The maximum absolute atomic E-state index is 11.8. The summed E-state index contributed by atoms with van der Waals surface area (Å²) in [5.74, 6) is 1.11. The van der Waals surface area contributed by atoms with E-state index in [0.717, 1.165) is 23.5 Å². The molecule has 0 aliphatic heterocycles. The van der Waals surface area contributed by atoms with E-state index >= 15 is 0 Å². The molecule has 1 aromatic rings. The number of aromatic nitrogens is 1. The predicted octanol–water partition coefficient (Wildman–Crippen LogP) is 2.76. The van der Waals surface area contributed by atoms with Crippen LogP contribution in [0.25, 0.3) is 0 Å². The lowest BCUT2D eigenvalue weighted by molar-refractivity contribution is 0.0977. The molecule has 0 saturated heterocycles. The molecule has 0 N–H and O–H groups in total. The van der Waals surface area contributed by atoms with Crippen LogP contribution < -0.4 is 0 Å². The van der Waals surface area contributed by atoms with E-state index in [0.29, 0.717) is 6.42 Å². The van der Waals surface area contributed by atoms with Gasteiger partial charge in [-0.2, -0.15) is 0 Å². The summed E-state index contributed by atoms with van der Waals surface area (Å²) >= 11 is 0. The van der Waals surface area contributed by atoms with Crippen molar-refractivity contribution in [1.29, 1.82) is 0 Å². The number of nitrogens with zero attached hydrogens (tertiary/aromatic N) is 1. The molecule has 2 nitrogen and oxygen atoms in total. The lowest BCUT2D eigenvalue weighted by atomic mass is 10.0. The van der Waals surface area contributed by atoms with E-state index in [9.17, 15) is 4.79 Å². The SMILES string of the molecule is Cc1cnccc1C(=O)CCC1CC1. The molecule has 0 bridgehead atoms. The molecule has 2 rings (SSSR count). The lowest BCUT2D eigenvalue weighted by Gasteiger charge is -2.02. The number of hydrogen-bond donors (Lipinski definition) is 0. The molecule has 14 heavy (non-hydrogen) atoms. The molecule has 1 aliphatic rings. The molecule has 0 unspecified atom stereocenters. The Kier molecular flexibility index (Phi) is 2.62. The van der Waals surface area contributed by atoms with Crippen molar-refractivity contribution in [2.75, 3.05) is 0 Å². The largest absolute Gasteiger partial charge is 0.294 e.